The van der Waals surface area contributed by atoms with Crippen molar-refractivity contribution in [3.8, 4) is 0 Å². The number of fused-ring (bicyclic) bond motifs is 1. The Morgan fingerprint density at radius 1 is 1.32 bits per heavy atom. The fourth-order valence-corrected chi connectivity index (χ4v) is 4.44. The smallest absolute Gasteiger partial charge is 0.405 e. The Kier molecular flexibility index (Phi) is 9.37. The first-order valence-corrected chi connectivity index (χ1v) is 12.2. The third-order valence-electron chi connectivity index (χ3n) is 6.58. The van der Waals surface area contributed by atoms with E-state index in [1.165, 1.54) is 23.7 Å². The summed E-state index contributed by atoms with van der Waals surface area (Å²) in [6, 6.07) is 0.320. The van der Waals surface area contributed by atoms with Crippen LogP contribution in [-0.4, -0.2) is 68.0 Å². The van der Waals surface area contributed by atoms with Crippen molar-refractivity contribution in [3.63, 3.8) is 0 Å². The number of rotatable bonds is 10. The van der Waals surface area contributed by atoms with Crippen molar-refractivity contribution in [2.75, 3.05) is 6.54 Å². The lowest BCUT2D eigenvalue weighted by Crippen LogP contribution is -2.41. The van der Waals surface area contributed by atoms with E-state index in [9.17, 15) is 35.9 Å². The summed E-state index contributed by atoms with van der Waals surface area (Å²) in [4.78, 5) is 29.5. The van der Waals surface area contributed by atoms with Gasteiger partial charge in [0.25, 0.3) is 5.91 Å². The average molecular weight is 579 g/mol. The molecule has 6 N–H and O–H groups in total. The van der Waals surface area contributed by atoms with Crippen molar-refractivity contribution in [2.24, 2.45) is 16.8 Å². The molecule has 220 valence electrons. The minimum Gasteiger partial charge on any atom is -0.411 e. The van der Waals surface area contributed by atoms with Crippen molar-refractivity contribution in [3.05, 3.63) is 29.7 Å². The molecule has 1 saturated carbocycles. The third kappa shape index (κ3) is 7.89. The summed E-state index contributed by atoms with van der Waals surface area (Å²) < 4.78 is 80.3. The molecule has 2 amide bonds. The molecule has 17 heteroatoms. The van der Waals surface area contributed by atoms with Crippen LogP contribution in [0.25, 0.3) is 5.65 Å². The summed E-state index contributed by atoms with van der Waals surface area (Å²) >= 11 is 0. The van der Waals surface area contributed by atoms with Gasteiger partial charge in [-0.3, -0.25) is 15.0 Å². The molecular formula is C23H28F6N8O3. The normalized spacial score (nSPS) is 18.6. The van der Waals surface area contributed by atoms with E-state index in [2.05, 4.69) is 20.6 Å². The number of nitrogens with zero attached hydrogens (tertiary/aromatic N) is 4. The van der Waals surface area contributed by atoms with Crippen LogP contribution in [0, 0.1) is 11.3 Å². The van der Waals surface area contributed by atoms with Crippen LogP contribution >= 0.6 is 0 Å². The van der Waals surface area contributed by atoms with Crippen LogP contribution in [0.5, 0.6) is 0 Å². The maximum absolute atomic E-state index is 13.8. The van der Waals surface area contributed by atoms with Gasteiger partial charge >= 0.3 is 6.18 Å². The second-order valence-corrected chi connectivity index (χ2v) is 9.60. The summed E-state index contributed by atoms with van der Waals surface area (Å²) in [6.07, 6.45) is -5.70. The Hall–Kier alpha value is -3.76. The minimum atomic E-state index is -4.70. The molecule has 0 spiro atoms. The monoisotopic (exact) mass is 578 g/mol. The SMILES string of the molecule is C/C(=N/O)C(=N)C(=O)NC(c1cn2ncc(C(CC(N)F)C(=O)NCC(F)(F)F)cc2n1)C1CCC(F)(F)CC1. The summed E-state index contributed by atoms with van der Waals surface area (Å²) in [7, 11) is 0. The molecule has 1 aliphatic carbocycles. The highest BCUT2D eigenvalue weighted by atomic mass is 19.4. The number of carbonyl (C=O) groups excluding carboxylic acids is 2. The Bertz CT molecular complexity index is 1270. The number of carbonyl (C=O) groups is 2. The van der Waals surface area contributed by atoms with Gasteiger partial charge in [0.05, 0.1) is 30.0 Å². The highest BCUT2D eigenvalue weighted by Gasteiger charge is 2.40. The highest BCUT2D eigenvalue weighted by molar-refractivity contribution is 6.65. The molecule has 2 heterocycles. The summed E-state index contributed by atoms with van der Waals surface area (Å²) in [5, 5.41) is 27.9. The fraction of sp³-hybridized carbons (Fsp3) is 0.565. The number of hydrogen-bond donors (Lipinski definition) is 5. The van der Waals surface area contributed by atoms with Crippen LogP contribution in [0.4, 0.5) is 26.3 Å². The Labute approximate surface area is 223 Å². The van der Waals surface area contributed by atoms with Gasteiger partial charge in [-0.2, -0.15) is 18.3 Å². The number of aromatic nitrogens is 3. The molecule has 40 heavy (non-hydrogen) atoms. The van der Waals surface area contributed by atoms with Gasteiger partial charge in [-0.05, 0) is 37.3 Å². The van der Waals surface area contributed by atoms with Gasteiger partial charge in [-0.1, -0.05) is 5.16 Å². The number of alkyl halides is 6. The van der Waals surface area contributed by atoms with Crippen LogP contribution < -0.4 is 16.4 Å². The number of hydrogen-bond acceptors (Lipinski definition) is 8. The molecule has 11 nitrogen and oxygen atoms in total. The first-order chi connectivity index (χ1) is 18.6. The third-order valence-corrected chi connectivity index (χ3v) is 6.58. The molecule has 2 aromatic heterocycles. The zero-order valence-corrected chi connectivity index (χ0v) is 21.2. The van der Waals surface area contributed by atoms with Crippen LogP contribution in [0.3, 0.4) is 0 Å². The average Bonchev–Trinajstić information content (AvgIpc) is 3.30. The maximum atomic E-state index is 13.8. The first-order valence-electron chi connectivity index (χ1n) is 12.2. The molecule has 2 aromatic rings. The quantitative estimate of drug-likeness (QED) is 0.0954. The predicted molar refractivity (Wildman–Crippen MR) is 129 cm³/mol. The molecule has 1 fully saturated rings. The Balaban J connectivity index is 1.95. The van der Waals surface area contributed by atoms with Crippen LogP contribution in [-0.2, 0) is 9.59 Å². The van der Waals surface area contributed by atoms with Gasteiger partial charge in [0.2, 0.25) is 11.8 Å². The van der Waals surface area contributed by atoms with Gasteiger partial charge in [0, 0.05) is 19.3 Å². The number of nitrogens with two attached hydrogens (primary N) is 1. The van der Waals surface area contributed by atoms with Gasteiger partial charge in [0.15, 0.2) is 5.65 Å². The zero-order valence-electron chi connectivity index (χ0n) is 21.2. The van der Waals surface area contributed by atoms with Gasteiger partial charge in [-0.25, -0.2) is 22.7 Å². The maximum Gasteiger partial charge on any atom is 0.405 e. The Morgan fingerprint density at radius 3 is 2.55 bits per heavy atom. The fourth-order valence-electron chi connectivity index (χ4n) is 4.44. The van der Waals surface area contributed by atoms with Crippen molar-refractivity contribution in [1.29, 1.82) is 5.41 Å². The van der Waals surface area contributed by atoms with E-state index < -0.39 is 79.6 Å². The largest absolute Gasteiger partial charge is 0.411 e. The van der Waals surface area contributed by atoms with E-state index in [0.717, 1.165) is 6.20 Å². The van der Waals surface area contributed by atoms with E-state index in [0.29, 0.717) is 0 Å². The number of amides is 2. The van der Waals surface area contributed by atoms with E-state index in [1.807, 2.05) is 0 Å². The van der Waals surface area contributed by atoms with Crippen molar-refractivity contribution in [2.45, 2.75) is 69.4 Å². The van der Waals surface area contributed by atoms with Crippen molar-refractivity contribution < 1.29 is 41.1 Å². The van der Waals surface area contributed by atoms with Crippen LogP contribution in [0.15, 0.2) is 23.6 Å². The molecule has 0 saturated heterocycles. The molecule has 0 aliphatic heterocycles. The van der Waals surface area contributed by atoms with E-state index in [1.54, 1.807) is 5.32 Å². The van der Waals surface area contributed by atoms with Crippen molar-refractivity contribution in [1.82, 2.24) is 25.2 Å². The molecule has 3 unspecified atom stereocenters. The van der Waals surface area contributed by atoms with Gasteiger partial charge in [0.1, 0.15) is 24.3 Å². The summed E-state index contributed by atoms with van der Waals surface area (Å²) in [6.45, 7) is -0.413. The van der Waals surface area contributed by atoms with E-state index in [4.69, 9.17) is 16.4 Å². The lowest BCUT2D eigenvalue weighted by molar-refractivity contribution is -0.139. The highest BCUT2D eigenvalue weighted by Crippen LogP contribution is 2.41. The number of halogens is 6. The van der Waals surface area contributed by atoms with Crippen LogP contribution in [0.2, 0.25) is 0 Å². The predicted octanol–water partition coefficient (Wildman–Crippen LogP) is 2.99. The topological polar surface area (TPSA) is 171 Å². The van der Waals surface area contributed by atoms with E-state index in [-0.39, 0.29) is 35.5 Å². The molecule has 3 atom stereocenters. The van der Waals surface area contributed by atoms with Crippen LogP contribution in [0.1, 0.15) is 62.2 Å². The van der Waals surface area contributed by atoms with Crippen molar-refractivity contribution >= 4 is 28.9 Å². The van der Waals surface area contributed by atoms with E-state index >= 15 is 0 Å². The summed E-state index contributed by atoms with van der Waals surface area (Å²) in [5.41, 5.74) is 4.48. The molecule has 0 radical (unpaired) electrons. The zero-order chi connectivity index (χ0) is 29.8. The second-order valence-electron chi connectivity index (χ2n) is 9.60. The number of oxime groups is 1. The second kappa shape index (κ2) is 12.2. The molecule has 1 aliphatic rings. The molecule has 3 rings (SSSR count). The van der Waals surface area contributed by atoms with Gasteiger partial charge < -0.3 is 21.6 Å². The molecular weight excluding hydrogens is 550 g/mol. The lowest BCUT2D eigenvalue weighted by atomic mass is 9.81. The number of imidazole rings is 1. The number of nitrogens with one attached hydrogen (secondary N) is 3. The summed E-state index contributed by atoms with van der Waals surface area (Å²) in [5.74, 6) is -6.89. The Morgan fingerprint density at radius 2 is 1.98 bits per heavy atom. The van der Waals surface area contributed by atoms with Gasteiger partial charge in [-0.15, -0.1) is 0 Å². The minimum absolute atomic E-state index is 0.0146. The first kappa shape index (κ1) is 30.8. The standard InChI is InChI=1S/C23H28F6N8O3/c1-11(36-40)18(31)21(39)35-19(12-2-4-22(25,26)5-3-12)15-9-37-17(34-15)6-13(8-33-37)14(7-16(24)30)20(38)32-10-23(27,28)29/h6,8-9,12,14,16,19,31,40H,2-5,7,10,30H2,1H3,(H,32,38)(H,35,39)/b31-18?,36-11-. The molecule has 0 bridgehead atoms. The lowest BCUT2D eigenvalue weighted by Gasteiger charge is -2.33. The molecule has 0 aromatic carbocycles.